The number of hydrogen-bond donors (Lipinski definition) is 0. The molecule has 11 rings (SSSR count). The lowest BCUT2D eigenvalue weighted by atomic mass is 9.71. The van der Waals surface area contributed by atoms with E-state index in [2.05, 4.69) is 78.9 Å². The van der Waals surface area contributed by atoms with Crippen LogP contribution in [0.1, 0.15) is 61.8 Å². The minimum Gasteiger partial charge on any atom is -0.489 e. The molecular weight excluding hydrogens is 845 g/mol. The maximum absolute atomic E-state index is 6.20. The lowest BCUT2D eigenvalue weighted by Gasteiger charge is -2.32. The average molecular weight is 887 g/mol. The average Bonchev–Trinajstić information content (AvgIpc) is 4.25. The molecule has 0 spiro atoms. The molecule has 1 aliphatic carbocycles. The van der Waals surface area contributed by atoms with Crippen LogP contribution in [0.2, 0.25) is 0 Å². The standard InChI is InChI=1S/C53H42N8O6/c1-3-27-53(28-4-2)43-29-37(47-56-60-51(66-47)49-58-54-45(64-49)35-15-21-39(22-16-35)62-31-33-11-7-5-8-12-33)19-25-41(43)42-26-20-38(30-44(42)53)48-57-61-52(67-48)50-59-55-46(65-50)36-17-23-40(24-18-36)63-32-34-13-9-6-10-14-34/h5-26,29-30H,3-4,27-28,31-32H2,1-2H3. The van der Waals surface area contributed by atoms with Gasteiger partial charge in [0.25, 0.3) is 0 Å². The van der Waals surface area contributed by atoms with Crippen molar-refractivity contribution in [3.63, 3.8) is 0 Å². The third-order valence-corrected chi connectivity index (χ3v) is 12.0. The van der Waals surface area contributed by atoms with Crippen LogP contribution in [-0.4, -0.2) is 40.8 Å². The Morgan fingerprint density at radius 3 is 1.06 bits per heavy atom. The zero-order valence-electron chi connectivity index (χ0n) is 36.6. The Bertz CT molecular complexity index is 3070. The van der Waals surface area contributed by atoms with Gasteiger partial charge in [-0.3, -0.25) is 0 Å². The fourth-order valence-electron chi connectivity index (χ4n) is 8.85. The molecule has 4 aromatic heterocycles. The number of fused-ring (bicyclic) bond motifs is 3. The Labute approximate surface area is 384 Å². The molecule has 0 atom stereocenters. The van der Waals surface area contributed by atoms with Gasteiger partial charge in [-0.05, 0) is 119 Å². The molecular formula is C53H42N8O6. The Balaban J connectivity index is 0.808. The van der Waals surface area contributed by atoms with Crippen LogP contribution in [0.15, 0.2) is 163 Å². The highest BCUT2D eigenvalue weighted by Crippen LogP contribution is 2.55. The van der Waals surface area contributed by atoms with Crippen molar-refractivity contribution in [3.05, 3.63) is 168 Å². The van der Waals surface area contributed by atoms with Crippen molar-refractivity contribution in [2.24, 2.45) is 0 Å². The van der Waals surface area contributed by atoms with Crippen molar-refractivity contribution < 1.29 is 27.1 Å². The Morgan fingerprint density at radius 1 is 0.373 bits per heavy atom. The molecule has 0 unspecified atom stereocenters. The predicted octanol–water partition coefficient (Wildman–Crippen LogP) is 12.2. The zero-order valence-corrected chi connectivity index (χ0v) is 36.6. The van der Waals surface area contributed by atoms with E-state index in [1.54, 1.807) is 0 Å². The molecule has 0 fully saturated rings. The van der Waals surface area contributed by atoms with Gasteiger partial charge in [-0.1, -0.05) is 99.5 Å². The Hall–Kier alpha value is -8.52. The monoisotopic (exact) mass is 886 g/mol. The van der Waals surface area contributed by atoms with Crippen molar-refractivity contribution in [2.45, 2.75) is 58.2 Å². The topological polar surface area (TPSA) is 174 Å². The van der Waals surface area contributed by atoms with E-state index in [1.165, 1.54) is 11.1 Å². The maximum atomic E-state index is 6.20. The summed E-state index contributed by atoms with van der Waals surface area (Å²) in [6.07, 6.45) is 3.78. The molecule has 0 amide bonds. The molecule has 330 valence electrons. The number of aromatic nitrogens is 8. The highest BCUT2D eigenvalue weighted by molar-refractivity contribution is 5.85. The second-order valence-electron chi connectivity index (χ2n) is 16.3. The van der Waals surface area contributed by atoms with E-state index in [0.29, 0.717) is 36.8 Å². The van der Waals surface area contributed by atoms with E-state index in [0.717, 1.165) is 81.7 Å². The fraction of sp³-hybridized carbons (Fsp3) is 0.170. The van der Waals surface area contributed by atoms with E-state index in [9.17, 15) is 0 Å². The van der Waals surface area contributed by atoms with Crippen molar-refractivity contribution in [2.75, 3.05) is 0 Å². The lowest BCUT2D eigenvalue weighted by molar-refractivity contribution is 0.306. The minimum atomic E-state index is -0.293. The van der Waals surface area contributed by atoms with Gasteiger partial charge < -0.3 is 27.1 Å². The summed E-state index contributed by atoms with van der Waals surface area (Å²) < 4.78 is 36.3. The highest BCUT2D eigenvalue weighted by atomic mass is 16.5. The molecule has 14 heteroatoms. The molecule has 67 heavy (non-hydrogen) atoms. The van der Waals surface area contributed by atoms with Gasteiger partial charge in [-0.15, -0.1) is 40.8 Å². The van der Waals surface area contributed by atoms with Crippen LogP contribution < -0.4 is 9.47 Å². The van der Waals surface area contributed by atoms with Crippen LogP contribution in [0.25, 0.3) is 80.5 Å². The van der Waals surface area contributed by atoms with Gasteiger partial charge in [-0.25, -0.2) is 0 Å². The summed E-state index contributed by atoms with van der Waals surface area (Å²) in [5.41, 5.74) is 9.67. The zero-order chi connectivity index (χ0) is 45.2. The highest BCUT2D eigenvalue weighted by Gasteiger charge is 2.42. The van der Waals surface area contributed by atoms with Crippen LogP contribution in [0.4, 0.5) is 0 Å². The van der Waals surface area contributed by atoms with E-state index in [4.69, 9.17) is 27.1 Å². The third kappa shape index (κ3) is 8.13. The quantitative estimate of drug-likeness (QED) is 0.0896. The molecule has 0 saturated carbocycles. The van der Waals surface area contributed by atoms with Gasteiger partial charge in [0.15, 0.2) is 0 Å². The SMILES string of the molecule is CCCC1(CCC)c2cc(-c3nnc(-c4nnc(-c5ccc(OCc6ccccc6)cc5)o4)o3)ccc2-c2ccc(-c3nnc(-c4nnc(-c5ccc(OCc6ccccc6)cc5)o4)o3)cc21. The fourth-order valence-corrected chi connectivity index (χ4v) is 8.85. The van der Waals surface area contributed by atoms with Crippen LogP contribution in [0.3, 0.4) is 0 Å². The summed E-state index contributed by atoms with van der Waals surface area (Å²) in [4.78, 5) is 0. The van der Waals surface area contributed by atoms with Crippen LogP contribution in [0, 0.1) is 0 Å². The first kappa shape index (κ1) is 41.2. The van der Waals surface area contributed by atoms with Gasteiger partial charge in [0.2, 0.25) is 23.6 Å². The van der Waals surface area contributed by atoms with E-state index in [-0.39, 0.29) is 29.0 Å². The summed E-state index contributed by atoms with van der Waals surface area (Å²) in [5, 5.41) is 34.4. The first-order valence-corrected chi connectivity index (χ1v) is 22.2. The number of rotatable bonds is 16. The molecule has 0 bridgehead atoms. The summed E-state index contributed by atoms with van der Waals surface area (Å²) in [7, 11) is 0. The molecule has 1 aliphatic rings. The molecule has 14 nitrogen and oxygen atoms in total. The normalized spacial score (nSPS) is 12.5. The van der Waals surface area contributed by atoms with Gasteiger partial charge >= 0.3 is 23.6 Å². The van der Waals surface area contributed by atoms with Gasteiger partial charge in [0, 0.05) is 27.7 Å². The lowest BCUT2D eigenvalue weighted by Crippen LogP contribution is -2.25. The van der Waals surface area contributed by atoms with Gasteiger partial charge in [0.1, 0.15) is 24.7 Å². The maximum Gasteiger partial charge on any atom is 0.306 e. The number of hydrogen-bond acceptors (Lipinski definition) is 14. The van der Waals surface area contributed by atoms with Gasteiger partial charge in [0.05, 0.1) is 0 Å². The van der Waals surface area contributed by atoms with Crippen molar-refractivity contribution >= 4 is 0 Å². The van der Waals surface area contributed by atoms with E-state index >= 15 is 0 Å². The molecule has 0 N–H and O–H groups in total. The number of nitrogens with zero attached hydrogens (tertiary/aromatic N) is 8. The first-order valence-electron chi connectivity index (χ1n) is 22.2. The van der Waals surface area contributed by atoms with Crippen LogP contribution in [-0.2, 0) is 18.6 Å². The minimum absolute atomic E-state index is 0.129. The second kappa shape index (κ2) is 17.8. The molecule has 6 aromatic carbocycles. The number of benzene rings is 6. The van der Waals surface area contributed by atoms with E-state index < -0.39 is 0 Å². The summed E-state index contributed by atoms with van der Waals surface area (Å²) in [5.74, 6) is 3.34. The summed E-state index contributed by atoms with van der Waals surface area (Å²) in [6, 6.07) is 47.7. The molecule has 0 radical (unpaired) electrons. The van der Waals surface area contributed by atoms with Crippen LogP contribution >= 0.6 is 0 Å². The second-order valence-corrected chi connectivity index (χ2v) is 16.3. The molecule has 10 aromatic rings. The Kier molecular flexibility index (Phi) is 10.9. The molecule has 0 saturated heterocycles. The molecule has 4 heterocycles. The summed E-state index contributed by atoms with van der Waals surface area (Å²) in [6.45, 7) is 5.38. The number of ether oxygens (including phenoxy) is 2. The van der Waals surface area contributed by atoms with Crippen LogP contribution in [0.5, 0.6) is 11.5 Å². The van der Waals surface area contributed by atoms with Crippen molar-refractivity contribution in [1.82, 2.24) is 40.8 Å². The van der Waals surface area contributed by atoms with Gasteiger partial charge in [-0.2, -0.15) is 0 Å². The van der Waals surface area contributed by atoms with Crippen molar-refractivity contribution in [1.29, 1.82) is 0 Å². The van der Waals surface area contributed by atoms with E-state index in [1.807, 2.05) is 121 Å². The Morgan fingerprint density at radius 2 is 0.701 bits per heavy atom. The molecule has 0 aliphatic heterocycles. The van der Waals surface area contributed by atoms with Crippen molar-refractivity contribution in [3.8, 4) is 92.0 Å². The largest absolute Gasteiger partial charge is 0.489 e. The third-order valence-electron chi connectivity index (χ3n) is 12.0. The smallest absolute Gasteiger partial charge is 0.306 e. The summed E-state index contributed by atoms with van der Waals surface area (Å²) >= 11 is 0. The first-order chi connectivity index (χ1) is 33.0. The predicted molar refractivity (Wildman–Crippen MR) is 248 cm³/mol.